The molecule has 0 spiro atoms. The molecule has 0 aromatic carbocycles. The molecule has 1 fully saturated rings. The number of rotatable bonds is 6. The molecule has 0 aromatic heterocycles. The Bertz CT molecular complexity index is 328. The van der Waals surface area contributed by atoms with Crippen molar-refractivity contribution in [3.63, 3.8) is 0 Å². The lowest BCUT2D eigenvalue weighted by molar-refractivity contribution is -0.141. The molecule has 0 aliphatic heterocycles. The number of esters is 1. The molecule has 1 aliphatic carbocycles. The van der Waals surface area contributed by atoms with E-state index in [9.17, 15) is 9.59 Å². The smallest absolute Gasteiger partial charge is 0.305 e. The van der Waals surface area contributed by atoms with Gasteiger partial charge in [-0.1, -0.05) is 19.3 Å². The highest BCUT2D eigenvalue weighted by atomic mass is 32.1. The first-order valence-corrected chi connectivity index (χ1v) is 7.15. The van der Waals surface area contributed by atoms with E-state index in [2.05, 4.69) is 15.4 Å². The number of thiocarbonyl (C=S) groups is 1. The Kier molecular flexibility index (Phi) is 7.40. The Morgan fingerprint density at radius 3 is 2.53 bits per heavy atom. The van der Waals surface area contributed by atoms with Gasteiger partial charge in [0.15, 0.2) is 10.9 Å². The fraction of sp³-hybridized carbons (Fsp3) is 0.769. The molecule has 0 unspecified atom stereocenters. The van der Waals surface area contributed by atoms with Crippen molar-refractivity contribution in [1.29, 1.82) is 0 Å². The van der Waals surface area contributed by atoms with Gasteiger partial charge in [0.1, 0.15) is 0 Å². The maximum Gasteiger partial charge on any atom is 0.305 e. The van der Waals surface area contributed by atoms with Crippen LogP contribution in [-0.4, -0.2) is 36.6 Å². The summed E-state index contributed by atoms with van der Waals surface area (Å²) in [6.07, 6.45) is 6.35. The zero-order valence-electron chi connectivity index (χ0n) is 11.4. The highest BCUT2D eigenvalue weighted by Crippen LogP contribution is 2.17. The lowest BCUT2D eigenvalue weighted by Gasteiger charge is -2.24. The number of ketones is 1. The number of carbonyl (C=O) groups excluding carboxylic acids is 2. The lowest BCUT2D eigenvalue weighted by atomic mass is 9.96. The molecule has 1 saturated carbocycles. The van der Waals surface area contributed by atoms with Crippen LogP contribution in [0, 0.1) is 0 Å². The fourth-order valence-electron chi connectivity index (χ4n) is 2.09. The summed E-state index contributed by atoms with van der Waals surface area (Å²) in [5.74, 6) is -0.408. The molecule has 6 heteroatoms. The second-order valence-corrected chi connectivity index (χ2v) is 5.19. The van der Waals surface area contributed by atoms with E-state index in [0.717, 1.165) is 12.8 Å². The summed E-state index contributed by atoms with van der Waals surface area (Å²) in [6.45, 7) is 0.162. The number of hydrogen-bond donors (Lipinski definition) is 2. The van der Waals surface area contributed by atoms with E-state index in [0.29, 0.717) is 11.2 Å². The van der Waals surface area contributed by atoms with Crippen molar-refractivity contribution in [3.8, 4) is 0 Å². The molecular formula is C13H22N2O3S. The summed E-state index contributed by atoms with van der Waals surface area (Å²) in [4.78, 5) is 22.4. The van der Waals surface area contributed by atoms with Gasteiger partial charge in [-0.15, -0.1) is 0 Å². The molecular weight excluding hydrogens is 264 g/mol. The highest BCUT2D eigenvalue weighted by Gasteiger charge is 2.14. The first-order chi connectivity index (χ1) is 9.11. The molecule has 19 heavy (non-hydrogen) atoms. The monoisotopic (exact) mass is 286 g/mol. The van der Waals surface area contributed by atoms with Gasteiger partial charge in [-0.3, -0.25) is 9.59 Å². The predicted octanol–water partition coefficient (Wildman–Crippen LogP) is 1.31. The van der Waals surface area contributed by atoms with Gasteiger partial charge < -0.3 is 15.4 Å². The number of ether oxygens (including phenoxy) is 1. The molecule has 0 atom stereocenters. The zero-order chi connectivity index (χ0) is 14.1. The molecule has 0 saturated heterocycles. The summed E-state index contributed by atoms with van der Waals surface area (Å²) in [5, 5.41) is 6.64. The molecule has 1 rings (SSSR count). The van der Waals surface area contributed by atoms with E-state index < -0.39 is 0 Å². The van der Waals surface area contributed by atoms with Crippen LogP contribution in [0.3, 0.4) is 0 Å². The van der Waals surface area contributed by atoms with Gasteiger partial charge >= 0.3 is 5.97 Å². The Morgan fingerprint density at radius 1 is 1.21 bits per heavy atom. The van der Waals surface area contributed by atoms with E-state index in [-0.39, 0.29) is 31.1 Å². The summed E-state index contributed by atoms with van der Waals surface area (Å²) in [7, 11) is 1.31. The van der Waals surface area contributed by atoms with E-state index in [1.807, 2.05) is 0 Å². The third kappa shape index (κ3) is 7.10. The van der Waals surface area contributed by atoms with Gasteiger partial charge in [-0.2, -0.15) is 0 Å². The fourth-order valence-corrected chi connectivity index (χ4v) is 2.33. The summed E-state index contributed by atoms with van der Waals surface area (Å²) < 4.78 is 4.48. The number of hydrogen-bond acceptors (Lipinski definition) is 4. The van der Waals surface area contributed by atoms with Crippen LogP contribution in [0.5, 0.6) is 0 Å². The molecule has 0 radical (unpaired) electrons. The Hall–Kier alpha value is -1.17. The summed E-state index contributed by atoms with van der Waals surface area (Å²) in [6, 6.07) is 0.430. The number of Topliss-reactive ketones (excluding diaryl/α,β-unsaturated/α-hetero) is 1. The third-order valence-corrected chi connectivity index (χ3v) is 3.48. The van der Waals surface area contributed by atoms with Crippen molar-refractivity contribution < 1.29 is 14.3 Å². The van der Waals surface area contributed by atoms with Crippen molar-refractivity contribution in [1.82, 2.24) is 10.6 Å². The Balaban J connectivity index is 2.11. The minimum Gasteiger partial charge on any atom is -0.469 e. The highest BCUT2D eigenvalue weighted by molar-refractivity contribution is 7.80. The minimum atomic E-state index is -0.365. The van der Waals surface area contributed by atoms with Crippen LogP contribution in [0.25, 0.3) is 0 Å². The minimum absolute atomic E-state index is 0.0433. The van der Waals surface area contributed by atoms with Gasteiger partial charge in [-0.25, -0.2) is 0 Å². The van der Waals surface area contributed by atoms with Gasteiger partial charge in [0.25, 0.3) is 0 Å². The van der Waals surface area contributed by atoms with Gasteiger partial charge in [0, 0.05) is 12.5 Å². The zero-order valence-corrected chi connectivity index (χ0v) is 12.2. The van der Waals surface area contributed by atoms with Gasteiger partial charge in [-0.05, 0) is 25.1 Å². The SMILES string of the molecule is COC(=O)CCC(=O)CNC(=S)NC1CCCCC1. The van der Waals surface area contributed by atoms with Crippen molar-refractivity contribution in [2.24, 2.45) is 0 Å². The number of nitrogens with one attached hydrogen (secondary N) is 2. The van der Waals surface area contributed by atoms with Crippen molar-refractivity contribution in [3.05, 3.63) is 0 Å². The maximum absolute atomic E-state index is 11.5. The van der Waals surface area contributed by atoms with Crippen molar-refractivity contribution >= 4 is 29.1 Å². The Morgan fingerprint density at radius 2 is 1.89 bits per heavy atom. The van der Waals surface area contributed by atoms with Gasteiger partial charge in [0.05, 0.1) is 20.1 Å². The molecule has 2 N–H and O–H groups in total. The topological polar surface area (TPSA) is 67.4 Å². The first kappa shape index (κ1) is 15.9. The third-order valence-electron chi connectivity index (χ3n) is 3.22. The van der Waals surface area contributed by atoms with Crippen LogP contribution in [0.1, 0.15) is 44.9 Å². The molecule has 108 valence electrons. The normalized spacial score (nSPS) is 15.6. The lowest BCUT2D eigenvalue weighted by Crippen LogP contribution is -2.44. The van der Waals surface area contributed by atoms with Crippen LogP contribution in [0.2, 0.25) is 0 Å². The summed E-state index contributed by atoms with van der Waals surface area (Å²) >= 11 is 5.15. The molecule has 0 aromatic rings. The standard InChI is InChI=1S/C13H22N2O3S/c1-18-12(17)8-7-11(16)9-14-13(19)15-10-5-3-2-4-6-10/h10H,2-9H2,1H3,(H2,14,15,19). The first-order valence-electron chi connectivity index (χ1n) is 6.74. The molecule has 0 heterocycles. The molecule has 0 bridgehead atoms. The second-order valence-electron chi connectivity index (χ2n) is 4.78. The number of carbonyl (C=O) groups is 2. The van der Waals surface area contributed by atoms with E-state index in [1.165, 1.54) is 26.4 Å². The Labute approximate surface area is 119 Å². The average molecular weight is 286 g/mol. The quantitative estimate of drug-likeness (QED) is 0.567. The second kappa shape index (κ2) is 8.85. The molecule has 0 amide bonds. The van der Waals surface area contributed by atoms with Crippen molar-refractivity contribution in [2.75, 3.05) is 13.7 Å². The van der Waals surface area contributed by atoms with Crippen LogP contribution >= 0.6 is 12.2 Å². The van der Waals surface area contributed by atoms with Crippen LogP contribution < -0.4 is 10.6 Å². The number of methoxy groups -OCH3 is 1. The van der Waals surface area contributed by atoms with Crippen molar-refractivity contribution in [2.45, 2.75) is 51.0 Å². The largest absolute Gasteiger partial charge is 0.469 e. The van der Waals surface area contributed by atoms with E-state index in [4.69, 9.17) is 12.2 Å². The van der Waals surface area contributed by atoms with Crippen LogP contribution in [-0.2, 0) is 14.3 Å². The predicted molar refractivity (Wildman–Crippen MR) is 76.9 cm³/mol. The van der Waals surface area contributed by atoms with E-state index >= 15 is 0 Å². The van der Waals surface area contributed by atoms with Crippen LogP contribution in [0.15, 0.2) is 0 Å². The average Bonchev–Trinajstić information content (AvgIpc) is 2.43. The maximum atomic E-state index is 11.5. The summed E-state index contributed by atoms with van der Waals surface area (Å²) in [5.41, 5.74) is 0. The molecule has 5 nitrogen and oxygen atoms in total. The van der Waals surface area contributed by atoms with Crippen LogP contribution in [0.4, 0.5) is 0 Å². The van der Waals surface area contributed by atoms with Gasteiger partial charge in [0.2, 0.25) is 0 Å². The van der Waals surface area contributed by atoms with E-state index in [1.54, 1.807) is 0 Å². The molecule has 1 aliphatic rings.